The third kappa shape index (κ3) is 4.90. The van der Waals surface area contributed by atoms with Gasteiger partial charge in [-0.2, -0.15) is 4.59 Å². The second-order valence-corrected chi connectivity index (χ2v) is 9.39. The van der Waals surface area contributed by atoms with Crippen molar-refractivity contribution >= 4 is 17.4 Å². The molecule has 5 rings (SSSR count). The minimum Gasteiger partial charge on any atom is -0.462 e. The van der Waals surface area contributed by atoms with Gasteiger partial charge in [-0.1, -0.05) is 78.8 Å². The number of rotatable bonds is 9. The molecule has 1 aliphatic heterocycles. The van der Waals surface area contributed by atoms with Crippen molar-refractivity contribution in [3.63, 3.8) is 0 Å². The van der Waals surface area contributed by atoms with Crippen LogP contribution in [0, 0.1) is 0 Å². The normalized spacial score (nSPS) is 17.0. The van der Waals surface area contributed by atoms with Crippen molar-refractivity contribution in [1.29, 1.82) is 0 Å². The van der Waals surface area contributed by atoms with Crippen molar-refractivity contribution < 1.29 is 14.1 Å². The fourth-order valence-corrected chi connectivity index (χ4v) is 5.12. The molecule has 0 aliphatic carbocycles. The number of tetrazole rings is 1. The van der Waals surface area contributed by atoms with E-state index in [1.807, 2.05) is 49.4 Å². The Bertz CT molecular complexity index is 1480. The molecule has 3 aromatic carbocycles. The van der Waals surface area contributed by atoms with E-state index >= 15 is 0 Å². The molecule has 0 saturated heterocycles. The van der Waals surface area contributed by atoms with E-state index in [0.29, 0.717) is 29.0 Å². The Morgan fingerprint density at radius 3 is 2.24 bits per heavy atom. The second-order valence-electron chi connectivity index (χ2n) is 9.39. The number of hydrogen-bond donors (Lipinski definition) is 1. The van der Waals surface area contributed by atoms with Gasteiger partial charge in [-0.3, -0.25) is 0 Å². The maximum absolute atomic E-state index is 13.4. The van der Waals surface area contributed by atoms with Crippen LogP contribution in [0.2, 0.25) is 0 Å². The molecule has 0 radical (unpaired) electrons. The number of hydrogen-bond acceptors (Lipinski definition) is 6. The van der Waals surface area contributed by atoms with Gasteiger partial charge in [-0.05, 0) is 52.6 Å². The summed E-state index contributed by atoms with van der Waals surface area (Å²) in [5, 5.41) is 19.5. The molecule has 0 fully saturated rings. The molecule has 8 nitrogen and oxygen atoms in total. The number of aromatic amines is 1. The zero-order valence-corrected chi connectivity index (χ0v) is 21.9. The molecule has 1 aromatic heterocycles. The topological polar surface area (TPSA) is 93.1 Å². The van der Waals surface area contributed by atoms with E-state index in [1.165, 1.54) is 0 Å². The van der Waals surface area contributed by atoms with Gasteiger partial charge in [0.1, 0.15) is 12.3 Å². The number of ether oxygens (including phenoxy) is 1. The van der Waals surface area contributed by atoms with Crippen molar-refractivity contribution in [2.45, 2.75) is 26.7 Å². The lowest BCUT2D eigenvalue weighted by atomic mass is 9.95. The Kier molecular flexibility index (Phi) is 7.24. The number of aromatic nitrogens is 4. The molecular weight excluding hydrogens is 476 g/mol. The average Bonchev–Trinajstić information content (AvgIpc) is 3.56. The van der Waals surface area contributed by atoms with E-state index in [1.54, 1.807) is 0 Å². The minimum atomic E-state index is -0.331. The Hall–Kier alpha value is -4.43. The molecule has 1 aliphatic rings. The minimum absolute atomic E-state index is 0.298. The highest BCUT2D eigenvalue weighted by Gasteiger charge is 2.44. The molecule has 1 atom stereocenters. The first kappa shape index (κ1) is 25.2. The van der Waals surface area contributed by atoms with Crippen LogP contribution in [0.15, 0.2) is 89.5 Å². The highest BCUT2D eigenvalue weighted by Crippen LogP contribution is 2.39. The summed E-state index contributed by atoms with van der Waals surface area (Å²) < 4.78 is 5.86. The fraction of sp³-hybridized carbons (Fsp3) is 0.233. The molecule has 8 heteroatoms. The van der Waals surface area contributed by atoms with Gasteiger partial charge >= 0.3 is 5.97 Å². The summed E-state index contributed by atoms with van der Waals surface area (Å²) in [6.07, 6.45) is 1.47. The summed E-state index contributed by atoms with van der Waals surface area (Å²) in [5.74, 6) is 0.279. The predicted molar refractivity (Wildman–Crippen MR) is 148 cm³/mol. The number of H-pyrrole nitrogens is 1. The second kappa shape index (κ2) is 10.9. The SMILES string of the molecule is CCC[N+]1(C)N=C(Cc2ccccc2)C(C(=O)OCC)=C1c1ccc(-c2ccccc2-c2nnn[nH]2)cc1. The molecule has 0 spiro atoms. The Morgan fingerprint density at radius 2 is 1.58 bits per heavy atom. The molecule has 2 heterocycles. The standard InChI is InChI=1S/C30H30N6O2/c1-4-19-36(3)28(27(30(37)38-5-2)26(33-36)20-21-11-7-6-8-12-21)23-17-15-22(16-18-23)24-13-9-10-14-25(24)29-31-34-35-32-29/h6-18H,4-5,19-20H2,1-3H3/p+1. The lowest BCUT2D eigenvalue weighted by Gasteiger charge is -2.26. The summed E-state index contributed by atoms with van der Waals surface area (Å²) in [5.41, 5.74) is 7.18. The van der Waals surface area contributed by atoms with Crippen LogP contribution in [0.25, 0.3) is 28.2 Å². The number of esters is 1. The highest BCUT2D eigenvalue weighted by atomic mass is 16.5. The summed E-state index contributed by atoms with van der Waals surface area (Å²) in [6, 6.07) is 26.4. The monoisotopic (exact) mass is 507 g/mol. The van der Waals surface area contributed by atoms with Crippen LogP contribution in [-0.2, 0) is 16.0 Å². The van der Waals surface area contributed by atoms with Crippen LogP contribution in [0.3, 0.4) is 0 Å². The lowest BCUT2D eigenvalue weighted by molar-refractivity contribution is -0.844. The molecule has 0 bridgehead atoms. The van der Waals surface area contributed by atoms with Gasteiger partial charge in [-0.15, -0.1) is 5.10 Å². The first-order chi connectivity index (χ1) is 18.5. The number of carbonyl (C=O) groups excluding carboxylic acids is 1. The van der Waals surface area contributed by atoms with Crippen LogP contribution < -0.4 is 0 Å². The van der Waals surface area contributed by atoms with E-state index in [2.05, 4.69) is 71.0 Å². The fourth-order valence-electron chi connectivity index (χ4n) is 5.12. The quantitative estimate of drug-likeness (QED) is 0.246. The number of nitrogens with zero attached hydrogens (tertiary/aromatic N) is 5. The molecule has 38 heavy (non-hydrogen) atoms. The maximum atomic E-state index is 13.4. The van der Waals surface area contributed by atoms with E-state index in [0.717, 1.165) is 52.2 Å². The van der Waals surface area contributed by atoms with Crippen LogP contribution in [0.4, 0.5) is 0 Å². The van der Waals surface area contributed by atoms with E-state index in [4.69, 9.17) is 9.84 Å². The van der Waals surface area contributed by atoms with Crippen molar-refractivity contribution in [1.82, 2.24) is 20.6 Å². The number of nitrogens with one attached hydrogen (secondary N) is 1. The van der Waals surface area contributed by atoms with E-state index < -0.39 is 0 Å². The maximum Gasteiger partial charge on any atom is 0.346 e. The van der Waals surface area contributed by atoms with Crippen LogP contribution in [-0.4, -0.2) is 57.1 Å². The van der Waals surface area contributed by atoms with Crippen LogP contribution in [0.1, 0.15) is 31.4 Å². The first-order valence-electron chi connectivity index (χ1n) is 12.9. The van der Waals surface area contributed by atoms with E-state index in [9.17, 15) is 4.79 Å². The average molecular weight is 508 g/mol. The Morgan fingerprint density at radius 1 is 0.895 bits per heavy atom. The summed E-state index contributed by atoms with van der Waals surface area (Å²) in [6.45, 7) is 5.03. The van der Waals surface area contributed by atoms with Crippen molar-refractivity contribution in [3.05, 3.63) is 95.6 Å². The smallest absolute Gasteiger partial charge is 0.346 e. The molecule has 0 amide bonds. The van der Waals surface area contributed by atoms with Gasteiger partial charge in [0.25, 0.3) is 0 Å². The molecule has 4 aromatic rings. The number of carbonyl (C=O) groups is 1. The molecule has 1 unspecified atom stereocenters. The summed E-state index contributed by atoms with van der Waals surface area (Å²) >= 11 is 0. The third-order valence-corrected chi connectivity index (χ3v) is 6.70. The Labute approximate surface area is 222 Å². The van der Waals surface area contributed by atoms with E-state index in [-0.39, 0.29) is 5.97 Å². The molecule has 0 saturated carbocycles. The van der Waals surface area contributed by atoms with Crippen molar-refractivity contribution in [2.75, 3.05) is 20.2 Å². The summed E-state index contributed by atoms with van der Waals surface area (Å²) in [4.78, 5) is 13.4. The number of benzene rings is 3. The lowest BCUT2D eigenvalue weighted by Crippen LogP contribution is -2.35. The first-order valence-corrected chi connectivity index (χ1v) is 12.9. The van der Waals surface area contributed by atoms with Crippen molar-refractivity contribution in [3.8, 4) is 22.5 Å². The van der Waals surface area contributed by atoms with Crippen LogP contribution in [0.5, 0.6) is 0 Å². The molecule has 1 N–H and O–H groups in total. The number of quaternary nitrogens is 1. The van der Waals surface area contributed by atoms with Gasteiger partial charge in [0.2, 0.25) is 0 Å². The van der Waals surface area contributed by atoms with Gasteiger partial charge in [0, 0.05) is 17.5 Å². The van der Waals surface area contributed by atoms with Crippen LogP contribution >= 0.6 is 0 Å². The predicted octanol–water partition coefficient (Wildman–Crippen LogP) is 5.28. The zero-order chi connectivity index (χ0) is 26.5. The molecule has 192 valence electrons. The summed E-state index contributed by atoms with van der Waals surface area (Å²) in [7, 11) is 2.07. The van der Waals surface area contributed by atoms with Gasteiger partial charge < -0.3 is 4.74 Å². The van der Waals surface area contributed by atoms with Gasteiger partial charge in [0.15, 0.2) is 17.1 Å². The molecular formula is C30H31N6O2+. The highest BCUT2D eigenvalue weighted by molar-refractivity contribution is 6.25. The third-order valence-electron chi connectivity index (χ3n) is 6.70. The zero-order valence-electron chi connectivity index (χ0n) is 21.9. The van der Waals surface area contributed by atoms with Gasteiger partial charge in [0.05, 0.1) is 13.7 Å². The Balaban J connectivity index is 1.60. The van der Waals surface area contributed by atoms with Crippen molar-refractivity contribution in [2.24, 2.45) is 5.10 Å². The largest absolute Gasteiger partial charge is 0.462 e. The van der Waals surface area contributed by atoms with Gasteiger partial charge in [-0.25, -0.2) is 9.89 Å².